The van der Waals surface area contributed by atoms with Gasteiger partial charge in [-0.05, 0) is 19.4 Å². The van der Waals surface area contributed by atoms with Gasteiger partial charge in [0.15, 0.2) is 0 Å². The van der Waals surface area contributed by atoms with Crippen LogP contribution in [-0.4, -0.2) is 0 Å². The Hall–Kier alpha value is -1.30. The van der Waals surface area contributed by atoms with Crippen LogP contribution in [0.3, 0.4) is 0 Å². The van der Waals surface area contributed by atoms with Gasteiger partial charge in [0.2, 0.25) is 0 Å². The molecule has 0 aliphatic rings. The average molecular weight is 160 g/mol. The summed E-state index contributed by atoms with van der Waals surface area (Å²) in [6.07, 6.45) is 11.7. The zero-order valence-corrected chi connectivity index (χ0v) is 7.88. The molecule has 12 heavy (non-hydrogen) atoms. The van der Waals surface area contributed by atoms with Crippen LogP contribution >= 0.6 is 0 Å². The summed E-state index contributed by atoms with van der Waals surface area (Å²) < 4.78 is 0. The molecule has 0 aromatic rings. The fourth-order valence-corrected chi connectivity index (χ4v) is 0.823. The van der Waals surface area contributed by atoms with Gasteiger partial charge in [-0.15, -0.1) is 0 Å². The van der Waals surface area contributed by atoms with Gasteiger partial charge >= 0.3 is 0 Å². The fraction of sp³-hybridized carbons (Fsp3) is 0.167. The highest BCUT2D eigenvalue weighted by atomic mass is 13.9. The van der Waals surface area contributed by atoms with Crippen molar-refractivity contribution in [2.45, 2.75) is 13.8 Å². The summed E-state index contributed by atoms with van der Waals surface area (Å²) in [6, 6.07) is 0. The van der Waals surface area contributed by atoms with Gasteiger partial charge in [0.1, 0.15) is 0 Å². The van der Waals surface area contributed by atoms with E-state index in [1.807, 2.05) is 44.2 Å². The first-order valence-corrected chi connectivity index (χ1v) is 3.99. The molecule has 0 saturated heterocycles. The van der Waals surface area contributed by atoms with E-state index in [2.05, 4.69) is 13.2 Å². The molecule has 0 bridgehead atoms. The van der Waals surface area contributed by atoms with Crippen LogP contribution in [0.1, 0.15) is 13.8 Å². The fourth-order valence-electron chi connectivity index (χ4n) is 0.823. The molecule has 0 atom stereocenters. The molecular formula is C12H16. The molecule has 0 aliphatic heterocycles. The van der Waals surface area contributed by atoms with Crippen LogP contribution < -0.4 is 0 Å². The third-order valence-electron chi connectivity index (χ3n) is 1.29. The van der Waals surface area contributed by atoms with Crippen LogP contribution in [0.5, 0.6) is 0 Å². The highest BCUT2D eigenvalue weighted by Crippen LogP contribution is 2.02. The molecule has 64 valence electrons. The van der Waals surface area contributed by atoms with Crippen LogP contribution in [0.25, 0.3) is 0 Å². The maximum absolute atomic E-state index is 3.87. The van der Waals surface area contributed by atoms with Crippen molar-refractivity contribution in [3.8, 4) is 0 Å². The lowest BCUT2D eigenvalue weighted by Gasteiger charge is -1.91. The predicted octanol–water partition coefficient (Wildman–Crippen LogP) is 3.81. The number of hydrogen-bond donors (Lipinski definition) is 0. The quantitative estimate of drug-likeness (QED) is 0.549. The highest BCUT2D eigenvalue weighted by molar-refractivity contribution is 5.34. The van der Waals surface area contributed by atoms with Crippen molar-refractivity contribution in [1.29, 1.82) is 0 Å². The Morgan fingerprint density at radius 1 is 1.25 bits per heavy atom. The largest absolute Gasteiger partial charge is 0.0991 e. The first-order valence-electron chi connectivity index (χ1n) is 3.99. The van der Waals surface area contributed by atoms with Crippen molar-refractivity contribution in [2.75, 3.05) is 0 Å². The Morgan fingerprint density at radius 3 is 2.42 bits per heavy atom. The van der Waals surface area contributed by atoms with Crippen LogP contribution in [0.2, 0.25) is 0 Å². The van der Waals surface area contributed by atoms with Crippen molar-refractivity contribution in [3.05, 3.63) is 60.8 Å². The molecule has 0 fully saturated rings. The molecule has 0 aromatic carbocycles. The van der Waals surface area contributed by atoms with E-state index in [9.17, 15) is 0 Å². The van der Waals surface area contributed by atoms with Crippen LogP contribution in [0, 0.1) is 0 Å². The molecule has 0 heterocycles. The van der Waals surface area contributed by atoms with E-state index < -0.39 is 0 Å². The lowest BCUT2D eigenvalue weighted by atomic mass is 10.1. The van der Waals surface area contributed by atoms with Crippen molar-refractivity contribution < 1.29 is 0 Å². The molecule has 0 aliphatic carbocycles. The van der Waals surface area contributed by atoms with Gasteiger partial charge in [-0.25, -0.2) is 0 Å². The van der Waals surface area contributed by atoms with E-state index >= 15 is 0 Å². The molecule has 0 nitrogen and oxygen atoms in total. The topological polar surface area (TPSA) is 0 Å². The minimum Gasteiger partial charge on any atom is -0.0991 e. The number of hydrogen-bond acceptors (Lipinski definition) is 0. The summed E-state index contributed by atoms with van der Waals surface area (Å²) >= 11 is 0. The maximum Gasteiger partial charge on any atom is -0.0329 e. The van der Waals surface area contributed by atoms with Crippen molar-refractivity contribution in [1.82, 2.24) is 0 Å². The Bertz CT molecular complexity index is 237. The molecule has 0 N–H and O–H groups in total. The average Bonchev–Trinajstić information content (AvgIpc) is 2.01. The van der Waals surface area contributed by atoms with E-state index in [1.54, 1.807) is 6.08 Å². The Balaban J connectivity index is 4.25. The van der Waals surface area contributed by atoms with Crippen LogP contribution in [0.4, 0.5) is 0 Å². The lowest BCUT2D eigenvalue weighted by molar-refractivity contribution is 1.49. The Kier molecular flexibility index (Phi) is 5.72. The molecule has 0 spiro atoms. The second-order valence-corrected chi connectivity index (χ2v) is 2.56. The molecular weight excluding hydrogens is 144 g/mol. The van der Waals surface area contributed by atoms with Gasteiger partial charge in [-0.3, -0.25) is 0 Å². The summed E-state index contributed by atoms with van der Waals surface area (Å²) in [7, 11) is 0. The monoisotopic (exact) mass is 160 g/mol. The molecule has 0 rings (SSSR count). The zero-order chi connectivity index (χ0) is 9.40. The normalized spacial score (nSPS) is 12.7. The predicted molar refractivity (Wildman–Crippen MR) is 57.0 cm³/mol. The first kappa shape index (κ1) is 10.7. The van der Waals surface area contributed by atoms with Gasteiger partial charge in [-0.2, -0.15) is 0 Å². The van der Waals surface area contributed by atoms with Gasteiger partial charge in [0.25, 0.3) is 0 Å². The number of allylic oxidation sites excluding steroid dienone is 8. The molecule has 0 heteroatoms. The maximum atomic E-state index is 3.87. The second kappa shape index (κ2) is 6.41. The van der Waals surface area contributed by atoms with Gasteiger partial charge in [0.05, 0.1) is 0 Å². The van der Waals surface area contributed by atoms with E-state index in [0.29, 0.717) is 0 Å². The van der Waals surface area contributed by atoms with Crippen molar-refractivity contribution >= 4 is 0 Å². The molecule has 0 saturated carbocycles. The Labute approximate surface area is 75.3 Å². The Morgan fingerprint density at radius 2 is 1.92 bits per heavy atom. The molecule has 0 radical (unpaired) electrons. The van der Waals surface area contributed by atoms with Gasteiger partial charge in [0, 0.05) is 0 Å². The minimum absolute atomic E-state index is 1.02. The van der Waals surface area contributed by atoms with Gasteiger partial charge in [-0.1, -0.05) is 55.2 Å². The lowest BCUT2D eigenvalue weighted by Crippen LogP contribution is -1.71. The molecule has 0 aromatic heterocycles. The van der Waals surface area contributed by atoms with E-state index in [4.69, 9.17) is 0 Å². The zero-order valence-electron chi connectivity index (χ0n) is 7.88. The standard InChI is InChI=1S/C12H16/c1-5-7-9-12(4)10-11(3)8-6-2/h5-10H,1,3H2,2,4H3/b8-6-,9-7-,12-10-. The molecule has 0 amide bonds. The van der Waals surface area contributed by atoms with E-state index in [1.165, 1.54) is 5.57 Å². The van der Waals surface area contributed by atoms with Gasteiger partial charge < -0.3 is 0 Å². The molecule has 0 unspecified atom stereocenters. The summed E-state index contributed by atoms with van der Waals surface area (Å²) in [4.78, 5) is 0. The first-order chi connectivity index (χ1) is 5.70. The number of rotatable bonds is 4. The van der Waals surface area contributed by atoms with Crippen molar-refractivity contribution in [3.63, 3.8) is 0 Å². The SMILES string of the molecule is C=C/C=C\C(C)=C/C(=C)/C=C\C. The van der Waals surface area contributed by atoms with E-state index in [0.717, 1.165) is 5.57 Å². The van der Waals surface area contributed by atoms with Crippen LogP contribution in [-0.2, 0) is 0 Å². The summed E-state index contributed by atoms with van der Waals surface area (Å²) in [6.45, 7) is 11.5. The third kappa shape index (κ3) is 5.48. The smallest absolute Gasteiger partial charge is 0.0329 e. The van der Waals surface area contributed by atoms with Crippen LogP contribution in [0.15, 0.2) is 60.8 Å². The summed E-state index contributed by atoms with van der Waals surface area (Å²) in [5.41, 5.74) is 2.20. The van der Waals surface area contributed by atoms with Crippen molar-refractivity contribution in [2.24, 2.45) is 0 Å². The minimum atomic E-state index is 1.02. The second-order valence-electron chi connectivity index (χ2n) is 2.56. The van der Waals surface area contributed by atoms with E-state index in [-0.39, 0.29) is 0 Å². The summed E-state index contributed by atoms with van der Waals surface area (Å²) in [5.74, 6) is 0. The highest BCUT2D eigenvalue weighted by Gasteiger charge is 1.82. The third-order valence-corrected chi connectivity index (χ3v) is 1.29. The summed E-state index contributed by atoms with van der Waals surface area (Å²) in [5, 5.41) is 0.